The average molecular weight is 382 g/mol. The Morgan fingerprint density at radius 2 is 1.73 bits per heavy atom. The molecule has 0 heterocycles. The number of aryl methyl sites for hydroxylation is 1. The highest BCUT2D eigenvalue weighted by molar-refractivity contribution is 9.10. The Hall–Kier alpha value is -1.33. The molecule has 3 nitrogen and oxygen atoms in total. The number of hydrogen-bond acceptors (Lipinski definition) is 2. The number of rotatable bonds is 5. The molecule has 2 aromatic rings. The van der Waals surface area contributed by atoms with Gasteiger partial charge in [-0.3, -0.25) is 4.72 Å². The standard InChI is InChI=1S/C17H20BrNO2S/c1-4-13-11-15(18)7-10-17(13)19-22(20,21)16-8-5-14(6-9-16)12(2)3/h5-12,19H,4H2,1-3H3. The molecule has 0 radical (unpaired) electrons. The van der Waals surface area contributed by atoms with Crippen LogP contribution in [0.3, 0.4) is 0 Å². The topological polar surface area (TPSA) is 46.2 Å². The summed E-state index contributed by atoms with van der Waals surface area (Å²) < 4.78 is 28.6. The first kappa shape index (κ1) is 17.0. The number of benzene rings is 2. The predicted molar refractivity (Wildman–Crippen MR) is 94.9 cm³/mol. The lowest BCUT2D eigenvalue weighted by Crippen LogP contribution is -2.14. The van der Waals surface area contributed by atoms with Crippen LogP contribution < -0.4 is 4.72 Å². The maximum Gasteiger partial charge on any atom is 0.261 e. The van der Waals surface area contributed by atoms with Gasteiger partial charge in [-0.15, -0.1) is 0 Å². The second-order valence-corrected chi connectivity index (χ2v) is 8.08. The molecule has 0 saturated carbocycles. The largest absolute Gasteiger partial charge is 0.279 e. The summed E-state index contributed by atoms with van der Waals surface area (Å²) >= 11 is 3.41. The number of anilines is 1. The maximum absolute atomic E-state index is 12.5. The lowest BCUT2D eigenvalue weighted by Gasteiger charge is -2.13. The summed E-state index contributed by atoms with van der Waals surface area (Å²) in [6.45, 7) is 6.16. The lowest BCUT2D eigenvalue weighted by molar-refractivity contribution is 0.601. The molecule has 0 saturated heterocycles. The summed E-state index contributed by atoms with van der Waals surface area (Å²) in [4.78, 5) is 0.280. The van der Waals surface area contributed by atoms with Gasteiger partial charge in [-0.05, 0) is 53.8 Å². The summed E-state index contributed by atoms with van der Waals surface area (Å²) in [7, 11) is -3.57. The van der Waals surface area contributed by atoms with Crippen LogP contribution in [-0.4, -0.2) is 8.42 Å². The summed E-state index contributed by atoms with van der Waals surface area (Å²) in [6, 6.07) is 12.6. The number of sulfonamides is 1. The second kappa shape index (κ2) is 6.84. The van der Waals surface area contributed by atoms with Gasteiger partial charge in [0.2, 0.25) is 0 Å². The van der Waals surface area contributed by atoms with E-state index in [2.05, 4.69) is 34.5 Å². The van der Waals surface area contributed by atoms with Gasteiger partial charge in [-0.1, -0.05) is 48.8 Å². The Morgan fingerprint density at radius 3 is 2.27 bits per heavy atom. The fourth-order valence-corrected chi connectivity index (χ4v) is 3.70. The van der Waals surface area contributed by atoms with E-state index in [0.29, 0.717) is 11.6 Å². The van der Waals surface area contributed by atoms with E-state index in [1.165, 1.54) is 0 Å². The zero-order valence-corrected chi connectivity index (χ0v) is 15.3. The Morgan fingerprint density at radius 1 is 1.09 bits per heavy atom. The SMILES string of the molecule is CCc1cc(Br)ccc1NS(=O)(=O)c1ccc(C(C)C)cc1. The Balaban J connectivity index is 2.31. The maximum atomic E-state index is 12.5. The molecule has 1 N–H and O–H groups in total. The highest BCUT2D eigenvalue weighted by atomic mass is 79.9. The molecule has 0 aliphatic carbocycles. The van der Waals surface area contributed by atoms with Crippen LogP contribution in [0.5, 0.6) is 0 Å². The third-order valence-corrected chi connectivity index (χ3v) is 5.42. The van der Waals surface area contributed by atoms with Crippen LogP contribution in [0, 0.1) is 0 Å². The Kier molecular flexibility index (Phi) is 5.29. The van der Waals surface area contributed by atoms with Crippen LogP contribution >= 0.6 is 15.9 Å². The van der Waals surface area contributed by atoms with Crippen molar-refractivity contribution in [1.82, 2.24) is 0 Å². The van der Waals surface area contributed by atoms with Crippen LogP contribution in [0.2, 0.25) is 0 Å². The molecule has 0 amide bonds. The van der Waals surface area contributed by atoms with Gasteiger partial charge in [0.1, 0.15) is 0 Å². The molecule has 22 heavy (non-hydrogen) atoms. The van der Waals surface area contributed by atoms with Crippen LogP contribution in [0.1, 0.15) is 37.8 Å². The van der Waals surface area contributed by atoms with Crippen molar-refractivity contribution in [2.75, 3.05) is 4.72 Å². The van der Waals surface area contributed by atoms with E-state index >= 15 is 0 Å². The highest BCUT2D eigenvalue weighted by Crippen LogP contribution is 2.25. The van der Waals surface area contributed by atoms with Crippen molar-refractivity contribution in [3.63, 3.8) is 0 Å². The smallest absolute Gasteiger partial charge is 0.261 e. The van der Waals surface area contributed by atoms with Gasteiger partial charge in [0.05, 0.1) is 10.6 Å². The predicted octanol–water partition coefficient (Wildman–Crippen LogP) is 4.94. The van der Waals surface area contributed by atoms with E-state index in [9.17, 15) is 8.42 Å². The van der Waals surface area contributed by atoms with E-state index < -0.39 is 10.0 Å². The van der Waals surface area contributed by atoms with Crippen molar-refractivity contribution in [2.24, 2.45) is 0 Å². The van der Waals surface area contributed by atoms with E-state index in [1.807, 2.05) is 31.2 Å². The Bertz CT molecular complexity index is 753. The van der Waals surface area contributed by atoms with Crippen molar-refractivity contribution in [1.29, 1.82) is 0 Å². The van der Waals surface area contributed by atoms with E-state index in [0.717, 1.165) is 22.0 Å². The van der Waals surface area contributed by atoms with E-state index in [-0.39, 0.29) is 4.90 Å². The van der Waals surface area contributed by atoms with Gasteiger partial charge in [-0.2, -0.15) is 0 Å². The first-order valence-corrected chi connectivity index (χ1v) is 9.52. The molecule has 0 spiro atoms. The second-order valence-electron chi connectivity index (χ2n) is 5.48. The van der Waals surface area contributed by atoms with Crippen molar-refractivity contribution < 1.29 is 8.42 Å². The van der Waals surface area contributed by atoms with Gasteiger partial charge in [0.25, 0.3) is 10.0 Å². The van der Waals surface area contributed by atoms with Crippen LogP contribution in [0.15, 0.2) is 51.8 Å². The molecular weight excluding hydrogens is 362 g/mol. The minimum atomic E-state index is -3.57. The third kappa shape index (κ3) is 3.90. The van der Waals surface area contributed by atoms with Crippen molar-refractivity contribution >= 4 is 31.6 Å². The summed E-state index contributed by atoms with van der Waals surface area (Å²) in [5, 5.41) is 0. The molecule has 2 aromatic carbocycles. The highest BCUT2D eigenvalue weighted by Gasteiger charge is 2.16. The molecule has 0 aliphatic rings. The van der Waals surface area contributed by atoms with Gasteiger partial charge in [0.15, 0.2) is 0 Å². The zero-order chi connectivity index (χ0) is 16.3. The van der Waals surface area contributed by atoms with Gasteiger partial charge < -0.3 is 0 Å². The Labute approximate surface area is 140 Å². The quantitative estimate of drug-likeness (QED) is 0.797. The molecule has 5 heteroatoms. The zero-order valence-electron chi connectivity index (χ0n) is 12.9. The number of halogens is 1. The van der Waals surface area contributed by atoms with Gasteiger partial charge in [-0.25, -0.2) is 8.42 Å². The molecule has 0 bridgehead atoms. The molecule has 2 rings (SSSR count). The van der Waals surface area contributed by atoms with Gasteiger partial charge >= 0.3 is 0 Å². The van der Waals surface area contributed by atoms with Crippen LogP contribution in [0.25, 0.3) is 0 Å². The number of hydrogen-bond donors (Lipinski definition) is 1. The van der Waals surface area contributed by atoms with Crippen molar-refractivity contribution in [2.45, 2.75) is 38.0 Å². The fraction of sp³-hybridized carbons (Fsp3) is 0.294. The van der Waals surface area contributed by atoms with Crippen LogP contribution in [-0.2, 0) is 16.4 Å². The van der Waals surface area contributed by atoms with E-state index in [1.54, 1.807) is 18.2 Å². The summed E-state index contributed by atoms with van der Waals surface area (Å²) in [5.41, 5.74) is 2.70. The normalized spacial score (nSPS) is 11.7. The van der Waals surface area contributed by atoms with Crippen molar-refractivity contribution in [3.05, 3.63) is 58.1 Å². The molecular formula is C17H20BrNO2S. The summed E-state index contributed by atoms with van der Waals surface area (Å²) in [5.74, 6) is 0.378. The average Bonchev–Trinajstić information content (AvgIpc) is 2.49. The monoisotopic (exact) mass is 381 g/mol. The lowest BCUT2D eigenvalue weighted by atomic mass is 10.0. The first-order valence-electron chi connectivity index (χ1n) is 7.24. The van der Waals surface area contributed by atoms with Crippen LogP contribution in [0.4, 0.5) is 5.69 Å². The van der Waals surface area contributed by atoms with E-state index in [4.69, 9.17) is 0 Å². The molecule has 118 valence electrons. The molecule has 0 aliphatic heterocycles. The number of nitrogens with one attached hydrogen (secondary N) is 1. The first-order chi connectivity index (χ1) is 10.3. The minimum absolute atomic E-state index is 0.280. The van der Waals surface area contributed by atoms with Crippen molar-refractivity contribution in [3.8, 4) is 0 Å². The molecule has 0 unspecified atom stereocenters. The molecule has 0 fully saturated rings. The molecule has 0 aromatic heterocycles. The summed E-state index contributed by atoms with van der Waals surface area (Å²) in [6.07, 6.45) is 0.754. The van der Waals surface area contributed by atoms with Gasteiger partial charge in [0, 0.05) is 4.47 Å². The third-order valence-electron chi connectivity index (χ3n) is 3.55. The fourth-order valence-electron chi connectivity index (χ4n) is 2.19. The minimum Gasteiger partial charge on any atom is -0.279 e. The molecule has 0 atom stereocenters.